The maximum Gasteiger partial charge on any atom is 0.139 e. The molecule has 0 aromatic rings. The third kappa shape index (κ3) is 1.72. The minimum Gasteiger partial charge on any atom is -0.299 e. The molecule has 4 fully saturated rings. The molecule has 0 N–H and O–H groups in total. The molecule has 0 aromatic carbocycles. The summed E-state index contributed by atoms with van der Waals surface area (Å²) >= 11 is 0. The molecule has 21 heavy (non-hydrogen) atoms. The van der Waals surface area contributed by atoms with E-state index >= 15 is 0 Å². The first-order valence-corrected chi connectivity index (χ1v) is 9.18. The molecule has 4 rings (SSSR count). The molecule has 0 radical (unpaired) electrons. The Hall–Kier alpha value is -0.590. The van der Waals surface area contributed by atoms with Gasteiger partial charge in [0.25, 0.3) is 0 Å². The number of allylic oxidation sites excluding steroid dienone is 1. The van der Waals surface area contributed by atoms with Crippen molar-refractivity contribution in [3.05, 3.63) is 12.2 Å². The fourth-order valence-electron chi connectivity index (χ4n) is 7.08. The Bertz CT molecular complexity index is 492. The molecule has 116 valence electrons. The summed E-state index contributed by atoms with van der Waals surface area (Å²) < 4.78 is 0. The van der Waals surface area contributed by atoms with Crippen LogP contribution in [0, 0.1) is 34.5 Å². The molecule has 1 heteroatoms. The van der Waals surface area contributed by atoms with Gasteiger partial charge in [-0.05, 0) is 67.6 Å². The SMILES string of the molecule is C=C1C[C@@H]2[C@@H](CC[C@]3(C)C(=O)CC[C@@H]23)[C@@]2(C)CCCCC12. The van der Waals surface area contributed by atoms with E-state index in [0.717, 1.165) is 37.0 Å². The summed E-state index contributed by atoms with van der Waals surface area (Å²) in [4.78, 5) is 12.4. The Balaban J connectivity index is 1.71. The van der Waals surface area contributed by atoms with Crippen molar-refractivity contribution in [2.75, 3.05) is 0 Å². The maximum atomic E-state index is 12.4. The van der Waals surface area contributed by atoms with Crippen LogP contribution in [0.2, 0.25) is 0 Å². The van der Waals surface area contributed by atoms with Crippen molar-refractivity contribution in [3.63, 3.8) is 0 Å². The Morgan fingerprint density at radius 1 is 1.05 bits per heavy atom. The van der Waals surface area contributed by atoms with Crippen molar-refractivity contribution in [3.8, 4) is 0 Å². The lowest BCUT2D eigenvalue weighted by molar-refractivity contribution is -0.135. The van der Waals surface area contributed by atoms with Crippen LogP contribution in [0.15, 0.2) is 12.2 Å². The minimum absolute atomic E-state index is 0.0132. The van der Waals surface area contributed by atoms with Crippen LogP contribution in [0.5, 0.6) is 0 Å². The van der Waals surface area contributed by atoms with Gasteiger partial charge < -0.3 is 0 Å². The van der Waals surface area contributed by atoms with Gasteiger partial charge in [-0.15, -0.1) is 0 Å². The molecule has 4 aliphatic carbocycles. The average molecular weight is 286 g/mol. The lowest BCUT2D eigenvalue weighted by Gasteiger charge is -2.60. The highest BCUT2D eigenvalue weighted by molar-refractivity contribution is 5.87. The van der Waals surface area contributed by atoms with Gasteiger partial charge in [-0.2, -0.15) is 0 Å². The molecule has 0 saturated heterocycles. The zero-order valence-electron chi connectivity index (χ0n) is 13.8. The fraction of sp³-hybridized carbons (Fsp3) is 0.850. The van der Waals surface area contributed by atoms with Gasteiger partial charge in [0.1, 0.15) is 5.78 Å². The van der Waals surface area contributed by atoms with Gasteiger partial charge in [-0.1, -0.05) is 38.8 Å². The topological polar surface area (TPSA) is 17.1 Å². The number of ketones is 1. The van der Waals surface area contributed by atoms with Crippen LogP contribution in [-0.2, 0) is 4.79 Å². The van der Waals surface area contributed by atoms with Crippen LogP contribution in [0.25, 0.3) is 0 Å². The summed E-state index contributed by atoms with van der Waals surface area (Å²) in [6, 6.07) is 0. The summed E-state index contributed by atoms with van der Waals surface area (Å²) in [5.74, 6) is 3.60. The van der Waals surface area contributed by atoms with Crippen LogP contribution in [-0.4, -0.2) is 5.78 Å². The first-order valence-electron chi connectivity index (χ1n) is 9.18. The zero-order chi connectivity index (χ0) is 14.8. The van der Waals surface area contributed by atoms with Crippen molar-refractivity contribution in [2.45, 2.75) is 71.6 Å². The first-order chi connectivity index (χ1) is 9.97. The first kappa shape index (κ1) is 14.0. The summed E-state index contributed by atoms with van der Waals surface area (Å²) in [7, 11) is 0. The Morgan fingerprint density at radius 2 is 1.86 bits per heavy atom. The normalized spacial score (nSPS) is 53.0. The molecule has 1 nitrogen and oxygen atoms in total. The highest BCUT2D eigenvalue weighted by Gasteiger charge is 2.60. The van der Waals surface area contributed by atoms with Gasteiger partial charge in [0.05, 0.1) is 0 Å². The van der Waals surface area contributed by atoms with E-state index < -0.39 is 0 Å². The molecular weight excluding hydrogens is 256 g/mol. The van der Waals surface area contributed by atoms with Crippen LogP contribution >= 0.6 is 0 Å². The van der Waals surface area contributed by atoms with Gasteiger partial charge in [0, 0.05) is 11.8 Å². The minimum atomic E-state index is 0.0132. The predicted molar refractivity (Wildman–Crippen MR) is 85.9 cm³/mol. The Kier molecular flexibility index (Phi) is 2.98. The van der Waals surface area contributed by atoms with E-state index in [2.05, 4.69) is 20.4 Å². The average Bonchev–Trinajstić information content (AvgIpc) is 2.75. The second kappa shape index (κ2) is 4.46. The number of Topliss-reactive ketones (excluding diaryl/α,β-unsaturated/α-hetero) is 1. The van der Waals surface area contributed by atoms with Gasteiger partial charge in [-0.25, -0.2) is 0 Å². The second-order valence-corrected chi connectivity index (χ2v) is 8.96. The molecule has 4 aliphatic rings. The largest absolute Gasteiger partial charge is 0.299 e. The molecular formula is C20H30O. The molecule has 6 atom stereocenters. The molecule has 0 amide bonds. The number of hydrogen-bond acceptors (Lipinski definition) is 1. The maximum absolute atomic E-state index is 12.4. The van der Waals surface area contributed by atoms with Gasteiger partial charge >= 0.3 is 0 Å². The lowest BCUT2D eigenvalue weighted by Crippen LogP contribution is -2.53. The zero-order valence-corrected chi connectivity index (χ0v) is 13.8. The van der Waals surface area contributed by atoms with Crippen LogP contribution < -0.4 is 0 Å². The monoisotopic (exact) mass is 286 g/mol. The van der Waals surface area contributed by atoms with Crippen molar-refractivity contribution >= 4 is 5.78 Å². The third-order valence-electron chi connectivity index (χ3n) is 8.24. The van der Waals surface area contributed by atoms with Crippen molar-refractivity contribution in [1.82, 2.24) is 0 Å². The summed E-state index contributed by atoms with van der Waals surface area (Å²) in [6.45, 7) is 9.35. The van der Waals surface area contributed by atoms with Crippen LogP contribution in [0.1, 0.15) is 71.6 Å². The molecule has 4 saturated carbocycles. The number of carbonyl (C=O) groups excluding carboxylic acids is 1. The van der Waals surface area contributed by atoms with Crippen LogP contribution in [0.3, 0.4) is 0 Å². The quantitative estimate of drug-likeness (QED) is 0.562. The molecule has 0 spiro atoms. The Morgan fingerprint density at radius 3 is 2.67 bits per heavy atom. The van der Waals surface area contributed by atoms with E-state index in [9.17, 15) is 4.79 Å². The second-order valence-electron chi connectivity index (χ2n) is 8.96. The smallest absolute Gasteiger partial charge is 0.139 e. The molecule has 0 heterocycles. The highest BCUT2D eigenvalue weighted by Crippen LogP contribution is 2.66. The van der Waals surface area contributed by atoms with E-state index in [1.807, 2.05) is 0 Å². The van der Waals surface area contributed by atoms with Crippen molar-refractivity contribution in [1.29, 1.82) is 0 Å². The van der Waals surface area contributed by atoms with E-state index in [1.165, 1.54) is 44.1 Å². The number of hydrogen-bond donors (Lipinski definition) is 0. The molecule has 0 aliphatic heterocycles. The standard InChI is InChI=1S/C20H30O/c1-13-12-14-16-7-8-18(21)20(16,3)11-9-17(14)19(2)10-5-4-6-15(13)19/h14-17H,1,4-12H2,2-3H3/t14-,15?,16-,17+,19-,20-/m0/s1. The summed E-state index contributed by atoms with van der Waals surface area (Å²) in [5, 5.41) is 0. The van der Waals surface area contributed by atoms with E-state index in [1.54, 1.807) is 0 Å². The third-order valence-corrected chi connectivity index (χ3v) is 8.24. The molecule has 1 unspecified atom stereocenters. The number of fused-ring (bicyclic) bond motifs is 5. The van der Waals surface area contributed by atoms with Gasteiger partial charge in [0.2, 0.25) is 0 Å². The van der Waals surface area contributed by atoms with Crippen LogP contribution in [0.4, 0.5) is 0 Å². The van der Waals surface area contributed by atoms with Crippen molar-refractivity contribution in [2.24, 2.45) is 34.5 Å². The lowest BCUT2D eigenvalue weighted by atomic mass is 9.44. The summed E-state index contributed by atoms with van der Waals surface area (Å²) in [5.41, 5.74) is 2.03. The fourth-order valence-corrected chi connectivity index (χ4v) is 7.08. The molecule has 0 bridgehead atoms. The number of rotatable bonds is 0. The van der Waals surface area contributed by atoms with E-state index in [4.69, 9.17) is 0 Å². The van der Waals surface area contributed by atoms with Gasteiger partial charge in [-0.3, -0.25) is 4.79 Å². The van der Waals surface area contributed by atoms with E-state index in [0.29, 0.717) is 17.1 Å². The summed E-state index contributed by atoms with van der Waals surface area (Å²) in [6.07, 6.45) is 11.3. The Labute approximate surface area is 129 Å². The number of carbonyl (C=O) groups is 1. The van der Waals surface area contributed by atoms with Crippen molar-refractivity contribution < 1.29 is 4.79 Å². The van der Waals surface area contributed by atoms with E-state index in [-0.39, 0.29) is 5.41 Å². The van der Waals surface area contributed by atoms with Gasteiger partial charge in [0.15, 0.2) is 0 Å². The highest BCUT2D eigenvalue weighted by atomic mass is 16.1. The molecule has 0 aromatic heterocycles. The predicted octanol–water partition coefficient (Wildman–Crippen LogP) is 5.15.